The lowest BCUT2D eigenvalue weighted by molar-refractivity contribution is 0.0696. The molecule has 5 heteroatoms. The SMILES string of the molecule is NC(c1ccc(C(=O)O)cc1)C(O)CO. The third-order valence-electron chi connectivity index (χ3n) is 2.14. The van der Waals surface area contributed by atoms with Crippen LogP contribution in [0.25, 0.3) is 0 Å². The first-order valence-corrected chi connectivity index (χ1v) is 4.44. The summed E-state index contributed by atoms with van der Waals surface area (Å²) in [6, 6.07) is 5.14. The smallest absolute Gasteiger partial charge is 0.335 e. The molecule has 1 aromatic carbocycles. The van der Waals surface area contributed by atoms with Crippen LogP contribution in [0.1, 0.15) is 22.0 Å². The van der Waals surface area contributed by atoms with E-state index in [1.165, 1.54) is 24.3 Å². The van der Waals surface area contributed by atoms with Gasteiger partial charge >= 0.3 is 5.97 Å². The first kappa shape index (κ1) is 11.6. The van der Waals surface area contributed by atoms with Gasteiger partial charge in [-0.15, -0.1) is 0 Å². The van der Waals surface area contributed by atoms with Gasteiger partial charge in [0, 0.05) is 0 Å². The topological polar surface area (TPSA) is 104 Å². The molecule has 82 valence electrons. The highest BCUT2D eigenvalue weighted by atomic mass is 16.4. The molecule has 0 fully saturated rings. The van der Waals surface area contributed by atoms with Crippen molar-refractivity contribution in [3.05, 3.63) is 35.4 Å². The summed E-state index contributed by atoms with van der Waals surface area (Å²) in [5.41, 5.74) is 6.36. The Hall–Kier alpha value is -1.43. The maximum absolute atomic E-state index is 10.6. The van der Waals surface area contributed by atoms with Crippen LogP contribution < -0.4 is 5.73 Å². The van der Waals surface area contributed by atoms with Gasteiger partial charge in [-0.2, -0.15) is 0 Å². The van der Waals surface area contributed by atoms with Gasteiger partial charge < -0.3 is 21.1 Å². The molecule has 0 amide bonds. The van der Waals surface area contributed by atoms with E-state index in [2.05, 4.69) is 0 Å². The van der Waals surface area contributed by atoms with E-state index in [0.717, 1.165) is 0 Å². The summed E-state index contributed by atoms with van der Waals surface area (Å²) in [4.78, 5) is 10.6. The van der Waals surface area contributed by atoms with E-state index in [4.69, 9.17) is 15.9 Å². The van der Waals surface area contributed by atoms with Crippen LogP contribution in [0.3, 0.4) is 0 Å². The van der Waals surface area contributed by atoms with Crippen LogP contribution in [0, 0.1) is 0 Å². The highest BCUT2D eigenvalue weighted by Gasteiger charge is 2.15. The lowest BCUT2D eigenvalue weighted by atomic mass is 10.0. The van der Waals surface area contributed by atoms with Crippen molar-refractivity contribution in [2.45, 2.75) is 12.1 Å². The number of carbonyl (C=O) groups is 1. The van der Waals surface area contributed by atoms with Crippen molar-refractivity contribution in [3.63, 3.8) is 0 Å². The summed E-state index contributed by atoms with van der Waals surface area (Å²) >= 11 is 0. The third-order valence-corrected chi connectivity index (χ3v) is 2.14. The van der Waals surface area contributed by atoms with E-state index >= 15 is 0 Å². The molecule has 1 aromatic rings. The van der Waals surface area contributed by atoms with Crippen LogP contribution in [-0.4, -0.2) is 34.0 Å². The number of rotatable bonds is 4. The van der Waals surface area contributed by atoms with Gasteiger partial charge in [0.2, 0.25) is 0 Å². The molecule has 2 unspecified atom stereocenters. The van der Waals surface area contributed by atoms with Crippen molar-refractivity contribution in [1.29, 1.82) is 0 Å². The van der Waals surface area contributed by atoms with Gasteiger partial charge in [0.15, 0.2) is 0 Å². The molecular formula is C10H13NO4. The number of aliphatic hydroxyl groups excluding tert-OH is 2. The summed E-state index contributed by atoms with van der Waals surface area (Å²) in [5.74, 6) is -1.02. The quantitative estimate of drug-likeness (QED) is 0.549. The fraction of sp³-hybridized carbons (Fsp3) is 0.300. The Morgan fingerprint density at radius 2 is 1.87 bits per heavy atom. The standard InChI is InChI=1S/C10H13NO4/c11-9(8(13)5-12)6-1-3-7(4-2-6)10(14)15/h1-4,8-9,12-13H,5,11H2,(H,14,15). The molecule has 0 spiro atoms. The summed E-state index contributed by atoms with van der Waals surface area (Å²) in [6.45, 7) is -0.429. The lowest BCUT2D eigenvalue weighted by Crippen LogP contribution is -2.29. The fourth-order valence-electron chi connectivity index (χ4n) is 1.18. The van der Waals surface area contributed by atoms with Gasteiger partial charge in [-0.25, -0.2) is 4.79 Å². The number of aliphatic hydroxyl groups is 2. The molecule has 0 aliphatic rings. The molecule has 0 radical (unpaired) electrons. The minimum Gasteiger partial charge on any atom is -0.478 e. The summed E-state index contributed by atoms with van der Waals surface area (Å²) in [6.07, 6.45) is -1.04. The molecule has 5 nitrogen and oxygen atoms in total. The van der Waals surface area contributed by atoms with E-state index in [0.29, 0.717) is 5.56 Å². The van der Waals surface area contributed by atoms with Crippen molar-refractivity contribution >= 4 is 5.97 Å². The monoisotopic (exact) mass is 211 g/mol. The minimum absolute atomic E-state index is 0.157. The van der Waals surface area contributed by atoms with Gasteiger partial charge in [0.05, 0.1) is 24.3 Å². The molecular weight excluding hydrogens is 198 g/mol. The van der Waals surface area contributed by atoms with E-state index < -0.39 is 24.7 Å². The molecule has 0 aliphatic carbocycles. The molecule has 0 aliphatic heterocycles. The average Bonchev–Trinajstić information content (AvgIpc) is 2.27. The van der Waals surface area contributed by atoms with Crippen molar-refractivity contribution in [3.8, 4) is 0 Å². The normalized spacial score (nSPS) is 14.6. The number of nitrogens with two attached hydrogens (primary N) is 1. The number of hydrogen-bond acceptors (Lipinski definition) is 4. The largest absolute Gasteiger partial charge is 0.478 e. The molecule has 2 atom stereocenters. The maximum atomic E-state index is 10.6. The van der Waals surface area contributed by atoms with E-state index in [1.54, 1.807) is 0 Å². The zero-order valence-electron chi connectivity index (χ0n) is 8.00. The first-order valence-electron chi connectivity index (χ1n) is 4.44. The van der Waals surface area contributed by atoms with Crippen molar-refractivity contribution in [2.75, 3.05) is 6.61 Å². The molecule has 0 aromatic heterocycles. The van der Waals surface area contributed by atoms with E-state index in [-0.39, 0.29) is 5.56 Å². The Labute approximate surface area is 86.8 Å². The van der Waals surface area contributed by atoms with Gasteiger partial charge in [-0.1, -0.05) is 12.1 Å². The average molecular weight is 211 g/mol. The predicted molar refractivity (Wildman–Crippen MR) is 53.4 cm³/mol. The second-order valence-corrected chi connectivity index (χ2v) is 3.20. The molecule has 0 heterocycles. The highest BCUT2D eigenvalue weighted by molar-refractivity contribution is 5.87. The summed E-state index contributed by atoms with van der Waals surface area (Å²) < 4.78 is 0. The van der Waals surface area contributed by atoms with Crippen LogP contribution in [0.4, 0.5) is 0 Å². The number of hydrogen-bond donors (Lipinski definition) is 4. The van der Waals surface area contributed by atoms with E-state index in [1.807, 2.05) is 0 Å². The van der Waals surface area contributed by atoms with Crippen molar-refractivity contribution < 1.29 is 20.1 Å². The molecule has 0 saturated heterocycles. The van der Waals surface area contributed by atoms with Crippen LogP contribution in [-0.2, 0) is 0 Å². The highest BCUT2D eigenvalue weighted by Crippen LogP contribution is 2.15. The second-order valence-electron chi connectivity index (χ2n) is 3.20. The van der Waals surface area contributed by atoms with Crippen LogP contribution >= 0.6 is 0 Å². The maximum Gasteiger partial charge on any atom is 0.335 e. The van der Waals surface area contributed by atoms with Crippen LogP contribution in [0.5, 0.6) is 0 Å². The summed E-state index contributed by atoms with van der Waals surface area (Å²) in [5, 5.41) is 26.6. The number of aromatic carboxylic acids is 1. The Morgan fingerprint density at radius 3 is 2.27 bits per heavy atom. The molecule has 1 rings (SSSR count). The van der Waals surface area contributed by atoms with E-state index in [9.17, 15) is 9.90 Å². The predicted octanol–water partition coefficient (Wildman–Crippen LogP) is -0.262. The zero-order chi connectivity index (χ0) is 11.4. The van der Waals surface area contributed by atoms with Crippen LogP contribution in [0.15, 0.2) is 24.3 Å². The lowest BCUT2D eigenvalue weighted by Gasteiger charge is -2.16. The summed E-state index contributed by atoms with van der Waals surface area (Å²) in [7, 11) is 0. The molecule has 0 bridgehead atoms. The zero-order valence-corrected chi connectivity index (χ0v) is 8.00. The Morgan fingerprint density at radius 1 is 1.33 bits per heavy atom. The van der Waals surface area contributed by atoms with Gasteiger partial charge in [-0.05, 0) is 17.7 Å². The third kappa shape index (κ3) is 2.76. The van der Waals surface area contributed by atoms with Gasteiger partial charge in [-0.3, -0.25) is 0 Å². The molecule has 5 N–H and O–H groups in total. The Kier molecular flexibility index (Phi) is 3.79. The van der Waals surface area contributed by atoms with Crippen LogP contribution in [0.2, 0.25) is 0 Å². The van der Waals surface area contributed by atoms with Gasteiger partial charge in [0.25, 0.3) is 0 Å². The molecule has 15 heavy (non-hydrogen) atoms. The Bertz CT molecular complexity index is 336. The van der Waals surface area contributed by atoms with Gasteiger partial charge in [0.1, 0.15) is 0 Å². The molecule has 0 saturated carbocycles. The number of benzene rings is 1. The number of carboxylic acid groups (broad SMARTS) is 1. The van der Waals surface area contributed by atoms with Crippen molar-refractivity contribution in [2.24, 2.45) is 5.73 Å². The number of carboxylic acids is 1. The Balaban J connectivity index is 2.84. The fourth-order valence-corrected chi connectivity index (χ4v) is 1.18. The minimum atomic E-state index is -1.04. The second kappa shape index (κ2) is 4.88. The van der Waals surface area contributed by atoms with Crippen molar-refractivity contribution in [1.82, 2.24) is 0 Å². The first-order chi connectivity index (χ1) is 7.06.